The minimum atomic E-state index is -0.263. The molecule has 0 saturated heterocycles. The molecule has 0 saturated carbocycles. The molecule has 4 aromatic rings. The molecule has 2 heterocycles. The Morgan fingerprint density at radius 2 is 1.93 bits per heavy atom. The van der Waals surface area contributed by atoms with Crippen LogP contribution in [0.5, 0.6) is 0 Å². The topological polar surface area (TPSA) is 46.3 Å². The van der Waals surface area contributed by atoms with E-state index in [1.54, 1.807) is 29.4 Å². The second-order valence-electron chi connectivity index (χ2n) is 6.08. The zero-order valence-electron chi connectivity index (χ0n) is 14.9. The lowest BCUT2D eigenvalue weighted by atomic mass is 10.3. The van der Waals surface area contributed by atoms with Crippen molar-refractivity contribution in [2.24, 2.45) is 0 Å². The van der Waals surface area contributed by atoms with Crippen LogP contribution in [0.25, 0.3) is 10.2 Å². The van der Waals surface area contributed by atoms with E-state index in [2.05, 4.69) is 4.98 Å². The number of rotatable bonds is 7. The number of thiazole rings is 1. The highest BCUT2D eigenvalue weighted by molar-refractivity contribution is 7.99. The molecule has 0 bridgehead atoms. The smallest absolute Gasteiger partial charge is 0.230 e. The molecule has 0 unspecified atom stereocenters. The first-order chi connectivity index (χ1) is 13.7. The van der Waals surface area contributed by atoms with Gasteiger partial charge in [-0.25, -0.2) is 9.37 Å². The maximum absolute atomic E-state index is 13.0. The van der Waals surface area contributed by atoms with Gasteiger partial charge in [-0.3, -0.25) is 9.69 Å². The first-order valence-electron chi connectivity index (χ1n) is 8.76. The molecule has 0 atom stereocenters. The van der Waals surface area contributed by atoms with Crippen LogP contribution in [0.2, 0.25) is 0 Å². The number of nitrogens with zero attached hydrogens (tertiary/aromatic N) is 2. The molecule has 4 nitrogen and oxygen atoms in total. The highest BCUT2D eigenvalue weighted by atomic mass is 32.2. The van der Waals surface area contributed by atoms with Crippen LogP contribution in [0, 0.1) is 5.82 Å². The highest BCUT2D eigenvalue weighted by Gasteiger charge is 2.21. The second kappa shape index (κ2) is 8.58. The van der Waals surface area contributed by atoms with Gasteiger partial charge in [0.05, 0.1) is 23.0 Å². The molecule has 0 aliphatic rings. The van der Waals surface area contributed by atoms with Crippen LogP contribution in [0.15, 0.2) is 76.2 Å². The molecule has 2 aromatic heterocycles. The first-order valence-corrected chi connectivity index (χ1v) is 10.6. The summed E-state index contributed by atoms with van der Waals surface area (Å²) in [6.07, 6.45) is 1.94. The van der Waals surface area contributed by atoms with Gasteiger partial charge in [0.15, 0.2) is 5.13 Å². The van der Waals surface area contributed by atoms with Crippen LogP contribution in [0.4, 0.5) is 9.52 Å². The number of para-hydroxylation sites is 1. The Kier molecular flexibility index (Phi) is 5.73. The molecule has 0 fully saturated rings. The van der Waals surface area contributed by atoms with Gasteiger partial charge in [0.1, 0.15) is 11.6 Å². The van der Waals surface area contributed by atoms with Crippen LogP contribution >= 0.6 is 23.1 Å². The van der Waals surface area contributed by atoms with Gasteiger partial charge in [-0.1, -0.05) is 23.5 Å². The SMILES string of the molecule is O=C(CCSc1ccc(F)cc1)N(Cc1ccco1)c1nc2ccccc2s1. The number of amides is 1. The van der Waals surface area contributed by atoms with Crippen molar-refractivity contribution >= 4 is 44.4 Å². The molecule has 0 radical (unpaired) electrons. The predicted octanol–water partition coefficient (Wildman–Crippen LogP) is 5.74. The van der Waals surface area contributed by atoms with Crippen molar-refractivity contribution in [1.29, 1.82) is 0 Å². The molecule has 0 aliphatic heterocycles. The number of carbonyl (C=O) groups is 1. The summed E-state index contributed by atoms with van der Waals surface area (Å²) < 4.78 is 19.5. The average Bonchev–Trinajstić information content (AvgIpc) is 3.36. The predicted molar refractivity (Wildman–Crippen MR) is 111 cm³/mol. The second-order valence-corrected chi connectivity index (χ2v) is 8.25. The zero-order chi connectivity index (χ0) is 19.3. The van der Waals surface area contributed by atoms with E-state index in [0.717, 1.165) is 15.1 Å². The Morgan fingerprint density at radius 1 is 1.11 bits per heavy atom. The van der Waals surface area contributed by atoms with E-state index in [1.807, 2.05) is 30.3 Å². The average molecular weight is 413 g/mol. The maximum atomic E-state index is 13.0. The summed E-state index contributed by atoms with van der Waals surface area (Å²) in [7, 11) is 0. The molecule has 0 N–H and O–H groups in total. The van der Waals surface area contributed by atoms with Crippen LogP contribution in [-0.4, -0.2) is 16.6 Å². The summed E-state index contributed by atoms with van der Waals surface area (Å²) in [4.78, 5) is 20.2. The molecule has 142 valence electrons. The Labute approximate surface area is 170 Å². The van der Waals surface area contributed by atoms with Crippen molar-refractivity contribution < 1.29 is 13.6 Å². The number of hydrogen-bond acceptors (Lipinski definition) is 5. The summed E-state index contributed by atoms with van der Waals surface area (Å²) in [5.74, 6) is 1.02. The first kappa shape index (κ1) is 18.7. The van der Waals surface area contributed by atoms with Gasteiger partial charge >= 0.3 is 0 Å². The molecular weight excluding hydrogens is 395 g/mol. The van der Waals surface area contributed by atoms with Crippen LogP contribution in [0.3, 0.4) is 0 Å². The Hall–Kier alpha value is -2.64. The van der Waals surface area contributed by atoms with E-state index in [4.69, 9.17) is 4.42 Å². The number of halogens is 1. The van der Waals surface area contributed by atoms with Crippen molar-refractivity contribution in [1.82, 2.24) is 4.98 Å². The monoisotopic (exact) mass is 412 g/mol. The third-order valence-electron chi connectivity index (χ3n) is 4.11. The quantitative estimate of drug-likeness (QED) is 0.363. The molecule has 7 heteroatoms. The Bertz CT molecular complexity index is 1030. The third kappa shape index (κ3) is 4.43. The fourth-order valence-corrected chi connectivity index (χ4v) is 4.54. The van der Waals surface area contributed by atoms with Crippen molar-refractivity contribution in [3.63, 3.8) is 0 Å². The number of carbonyl (C=O) groups excluding carboxylic acids is 1. The standard InChI is InChI=1S/C21H17FN2O2S2/c22-15-7-9-17(10-8-15)27-13-11-20(25)24(14-16-4-3-12-26-16)21-23-18-5-1-2-6-19(18)28-21/h1-10,12H,11,13-14H2. The van der Waals surface area contributed by atoms with Crippen LogP contribution in [0.1, 0.15) is 12.2 Å². The van der Waals surface area contributed by atoms with Gasteiger partial charge in [-0.2, -0.15) is 0 Å². The number of furan rings is 1. The van der Waals surface area contributed by atoms with Gasteiger partial charge in [-0.05, 0) is 48.5 Å². The summed E-state index contributed by atoms with van der Waals surface area (Å²) >= 11 is 3.02. The summed E-state index contributed by atoms with van der Waals surface area (Å²) in [5.41, 5.74) is 0.875. The van der Waals surface area contributed by atoms with Crippen LogP contribution in [-0.2, 0) is 11.3 Å². The van der Waals surface area contributed by atoms with Gasteiger partial charge < -0.3 is 4.42 Å². The highest BCUT2D eigenvalue weighted by Crippen LogP contribution is 2.30. The summed E-state index contributed by atoms with van der Waals surface area (Å²) in [6, 6.07) is 17.8. The molecule has 4 rings (SSSR count). The fourth-order valence-electron chi connectivity index (χ4n) is 2.72. The molecule has 1 amide bonds. The molecular formula is C21H17FN2O2S2. The van der Waals surface area contributed by atoms with E-state index >= 15 is 0 Å². The number of thioether (sulfide) groups is 1. The van der Waals surface area contributed by atoms with Crippen molar-refractivity contribution in [2.75, 3.05) is 10.7 Å². The molecule has 0 aliphatic carbocycles. The van der Waals surface area contributed by atoms with Crippen molar-refractivity contribution in [2.45, 2.75) is 17.9 Å². The number of aromatic nitrogens is 1. The number of hydrogen-bond donors (Lipinski definition) is 0. The molecule has 0 spiro atoms. The lowest BCUT2D eigenvalue weighted by molar-refractivity contribution is -0.118. The largest absolute Gasteiger partial charge is 0.467 e. The lowest BCUT2D eigenvalue weighted by Crippen LogP contribution is -2.30. The fraction of sp³-hybridized carbons (Fsp3) is 0.143. The third-order valence-corrected chi connectivity index (χ3v) is 6.18. The molecule has 28 heavy (non-hydrogen) atoms. The number of benzene rings is 2. The van der Waals surface area contributed by atoms with E-state index in [1.165, 1.54) is 35.2 Å². The van der Waals surface area contributed by atoms with Gasteiger partial charge in [0.2, 0.25) is 5.91 Å². The van der Waals surface area contributed by atoms with E-state index in [9.17, 15) is 9.18 Å². The Balaban J connectivity index is 1.49. The van der Waals surface area contributed by atoms with Gasteiger partial charge in [0, 0.05) is 17.1 Å². The zero-order valence-corrected chi connectivity index (χ0v) is 16.5. The minimum Gasteiger partial charge on any atom is -0.467 e. The van der Waals surface area contributed by atoms with Crippen molar-refractivity contribution in [3.8, 4) is 0 Å². The van der Waals surface area contributed by atoms with E-state index in [0.29, 0.717) is 29.6 Å². The summed E-state index contributed by atoms with van der Waals surface area (Å²) in [5, 5.41) is 0.661. The van der Waals surface area contributed by atoms with Gasteiger partial charge in [0.25, 0.3) is 0 Å². The molecule has 2 aromatic carbocycles. The minimum absolute atomic E-state index is 0.0231. The normalized spacial score (nSPS) is 11.0. The number of fused-ring (bicyclic) bond motifs is 1. The van der Waals surface area contributed by atoms with E-state index < -0.39 is 0 Å². The van der Waals surface area contributed by atoms with Gasteiger partial charge in [-0.15, -0.1) is 11.8 Å². The van der Waals surface area contributed by atoms with Crippen LogP contribution < -0.4 is 4.90 Å². The van der Waals surface area contributed by atoms with Crippen molar-refractivity contribution in [3.05, 3.63) is 78.5 Å². The van der Waals surface area contributed by atoms with E-state index in [-0.39, 0.29) is 11.7 Å². The number of anilines is 1. The maximum Gasteiger partial charge on any atom is 0.230 e. The Morgan fingerprint density at radius 3 is 2.68 bits per heavy atom. The summed E-state index contributed by atoms with van der Waals surface area (Å²) in [6.45, 7) is 0.340. The lowest BCUT2D eigenvalue weighted by Gasteiger charge is -2.18.